The Morgan fingerprint density at radius 1 is 0.960 bits per heavy atom. The van der Waals surface area contributed by atoms with Gasteiger partial charge < -0.3 is 10.6 Å². The summed E-state index contributed by atoms with van der Waals surface area (Å²) in [5, 5.41) is 5.83. The van der Waals surface area contributed by atoms with Crippen molar-refractivity contribution in [3.63, 3.8) is 0 Å². The van der Waals surface area contributed by atoms with E-state index in [2.05, 4.69) is 10.6 Å². The van der Waals surface area contributed by atoms with Crippen molar-refractivity contribution in [2.24, 2.45) is 5.41 Å². The van der Waals surface area contributed by atoms with Crippen LogP contribution in [0.4, 0.5) is 0 Å². The Morgan fingerprint density at radius 3 is 2.08 bits per heavy atom. The molecule has 0 aromatic heterocycles. The molecule has 0 aliphatic rings. The number of hydrogen-bond acceptors (Lipinski definition) is 2. The largest absolute Gasteiger partial charge is 0.350 e. The first kappa shape index (κ1) is 18.7. The molecule has 2 aromatic carbocycles. The summed E-state index contributed by atoms with van der Waals surface area (Å²) in [5.74, 6) is -0.339. The van der Waals surface area contributed by atoms with Gasteiger partial charge in [-0.2, -0.15) is 0 Å². The minimum absolute atomic E-state index is 0.126. The summed E-state index contributed by atoms with van der Waals surface area (Å²) in [6.07, 6.45) is 0.700. The molecule has 4 heteroatoms. The summed E-state index contributed by atoms with van der Waals surface area (Å²) >= 11 is 0. The molecule has 2 rings (SSSR count). The second-order valence-electron chi connectivity index (χ2n) is 6.76. The van der Waals surface area contributed by atoms with Gasteiger partial charge >= 0.3 is 0 Å². The summed E-state index contributed by atoms with van der Waals surface area (Å²) in [5.41, 5.74) is 1.27. The number of amides is 2. The molecule has 0 saturated heterocycles. The highest BCUT2D eigenvalue weighted by atomic mass is 16.2. The Hall–Kier alpha value is -2.62. The fraction of sp³-hybridized carbons (Fsp3) is 0.333. The summed E-state index contributed by atoms with van der Waals surface area (Å²) in [6.45, 7) is 6.15. The molecule has 0 fully saturated rings. The number of benzene rings is 2. The van der Waals surface area contributed by atoms with Gasteiger partial charge in [0.2, 0.25) is 11.8 Å². The van der Waals surface area contributed by atoms with E-state index in [9.17, 15) is 9.59 Å². The lowest BCUT2D eigenvalue weighted by molar-refractivity contribution is -0.134. The van der Waals surface area contributed by atoms with Crippen LogP contribution in [0.5, 0.6) is 0 Å². The molecule has 1 unspecified atom stereocenters. The Kier molecular flexibility index (Phi) is 6.34. The van der Waals surface area contributed by atoms with Gasteiger partial charge in [-0.05, 0) is 17.5 Å². The number of nitrogens with one attached hydrogen (secondary N) is 2. The second-order valence-corrected chi connectivity index (χ2v) is 6.76. The topological polar surface area (TPSA) is 58.2 Å². The van der Waals surface area contributed by atoms with Crippen molar-refractivity contribution in [3.8, 4) is 0 Å². The van der Waals surface area contributed by atoms with Crippen LogP contribution in [0, 0.1) is 5.41 Å². The van der Waals surface area contributed by atoms with Gasteiger partial charge in [0.05, 0.1) is 0 Å². The van der Waals surface area contributed by atoms with E-state index in [1.165, 1.54) is 0 Å². The van der Waals surface area contributed by atoms with Crippen LogP contribution in [0.1, 0.15) is 44.4 Å². The first-order chi connectivity index (χ1) is 11.9. The molecule has 0 bridgehead atoms. The Morgan fingerprint density at radius 2 is 1.52 bits per heavy atom. The van der Waals surface area contributed by atoms with Crippen molar-refractivity contribution in [3.05, 3.63) is 71.8 Å². The van der Waals surface area contributed by atoms with Gasteiger partial charge in [-0.1, -0.05) is 81.4 Å². The van der Waals surface area contributed by atoms with Gasteiger partial charge in [-0.25, -0.2) is 0 Å². The van der Waals surface area contributed by atoms with Crippen molar-refractivity contribution in [1.82, 2.24) is 10.6 Å². The SMILES string of the molecule is CCC(C)(C)C(=O)NC(C(=O)NCc1ccccc1)c1ccccc1. The van der Waals surface area contributed by atoms with E-state index in [-0.39, 0.29) is 11.8 Å². The molecule has 0 heterocycles. The van der Waals surface area contributed by atoms with Crippen LogP contribution in [-0.2, 0) is 16.1 Å². The van der Waals surface area contributed by atoms with Crippen LogP contribution in [-0.4, -0.2) is 11.8 Å². The second kappa shape index (κ2) is 8.47. The molecular weight excluding hydrogens is 312 g/mol. The standard InChI is InChI=1S/C21H26N2O2/c1-4-21(2,3)20(25)23-18(17-13-9-6-10-14-17)19(24)22-15-16-11-7-5-8-12-16/h5-14,18H,4,15H2,1-3H3,(H,22,24)(H,23,25). The maximum absolute atomic E-state index is 12.7. The maximum atomic E-state index is 12.7. The Labute approximate surface area is 149 Å². The summed E-state index contributed by atoms with van der Waals surface area (Å²) in [6, 6.07) is 18.3. The number of hydrogen-bond donors (Lipinski definition) is 2. The van der Waals surface area contributed by atoms with Crippen LogP contribution in [0.2, 0.25) is 0 Å². The molecule has 25 heavy (non-hydrogen) atoms. The molecule has 1 atom stereocenters. The zero-order valence-corrected chi connectivity index (χ0v) is 15.1. The van der Waals surface area contributed by atoms with Gasteiger partial charge in [0.15, 0.2) is 0 Å². The van der Waals surface area contributed by atoms with Crippen molar-refractivity contribution in [2.45, 2.75) is 39.8 Å². The number of carbonyl (C=O) groups excluding carboxylic acids is 2. The van der Waals surface area contributed by atoms with Gasteiger partial charge in [0.25, 0.3) is 0 Å². The lowest BCUT2D eigenvalue weighted by Gasteiger charge is -2.26. The third kappa shape index (κ3) is 5.18. The van der Waals surface area contributed by atoms with Gasteiger partial charge in [0.1, 0.15) is 6.04 Å². The average Bonchev–Trinajstić information content (AvgIpc) is 2.65. The highest BCUT2D eigenvalue weighted by Gasteiger charge is 2.30. The summed E-state index contributed by atoms with van der Waals surface area (Å²) < 4.78 is 0. The molecular formula is C21H26N2O2. The monoisotopic (exact) mass is 338 g/mol. The highest BCUT2D eigenvalue weighted by Crippen LogP contribution is 2.22. The van der Waals surface area contributed by atoms with E-state index in [4.69, 9.17) is 0 Å². The van der Waals surface area contributed by atoms with Gasteiger partial charge in [0, 0.05) is 12.0 Å². The van der Waals surface area contributed by atoms with Crippen LogP contribution < -0.4 is 10.6 Å². The van der Waals surface area contributed by atoms with Gasteiger partial charge in [-0.15, -0.1) is 0 Å². The predicted molar refractivity (Wildman–Crippen MR) is 99.7 cm³/mol. The number of carbonyl (C=O) groups is 2. The normalized spacial score (nSPS) is 12.3. The smallest absolute Gasteiger partial charge is 0.247 e. The van der Waals surface area contributed by atoms with E-state index in [1.807, 2.05) is 81.4 Å². The molecule has 132 valence electrons. The molecule has 0 aliphatic heterocycles. The molecule has 0 saturated carbocycles. The van der Waals surface area contributed by atoms with Crippen LogP contribution >= 0.6 is 0 Å². The summed E-state index contributed by atoms with van der Waals surface area (Å²) in [7, 11) is 0. The maximum Gasteiger partial charge on any atom is 0.247 e. The third-order valence-corrected chi connectivity index (χ3v) is 4.48. The summed E-state index contributed by atoms with van der Waals surface area (Å²) in [4.78, 5) is 25.3. The molecule has 0 aliphatic carbocycles. The quantitative estimate of drug-likeness (QED) is 0.810. The van der Waals surface area contributed by atoms with Gasteiger partial charge in [-0.3, -0.25) is 9.59 Å². The van der Waals surface area contributed by atoms with Crippen molar-refractivity contribution < 1.29 is 9.59 Å². The molecule has 4 nitrogen and oxygen atoms in total. The van der Waals surface area contributed by atoms with Crippen LogP contribution in [0.3, 0.4) is 0 Å². The predicted octanol–water partition coefficient (Wildman–Crippen LogP) is 3.60. The molecule has 2 aromatic rings. The molecule has 0 spiro atoms. The molecule has 0 radical (unpaired) electrons. The van der Waals surface area contributed by atoms with Crippen molar-refractivity contribution >= 4 is 11.8 Å². The highest BCUT2D eigenvalue weighted by molar-refractivity contribution is 5.90. The van der Waals surface area contributed by atoms with Crippen LogP contribution in [0.25, 0.3) is 0 Å². The van der Waals surface area contributed by atoms with Crippen molar-refractivity contribution in [1.29, 1.82) is 0 Å². The zero-order chi connectivity index (χ0) is 18.3. The van der Waals surface area contributed by atoms with E-state index >= 15 is 0 Å². The minimum Gasteiger partial charge on any atom is -0.350 e. The number of rotatable bonds is 7. The third-order valence-electron chi connectivity index (χ3n) is 4.48. The first-order valence-electron chi connectivity index (χ1n) is 8.61. The first-order valence-corrected chi connectivity index (χ1v) is 8.61. The van der Waals surface area contributed by atoms with E-state index in [1.54, 1.807) is 0 Å². The fourth-order valence-electron chi connectivity index (χ4n) is 2.32. The average molecular weight is 338 g/mol. The molecule has 2 amide bonds. The Bertz CT molecular complexity index is 696. The fourth-order valence-corrected chi connectivity index (χ4v) is 2.32. The Balaban J connectivity index is 2.14. The van der Waals surface area contributed by atoms with E-state index < -0.39 is 11.5 Å². The van der Waals surface area contributed by atoms with Crippen molar-refractivity contribution in [2.75, 3.05) is 0 Å². The van der Waals surface area contributed by atoms with E-state index in [0.717, 1.165) is 11.1 Å². The molecule has 2 N–H and O–H groups in total. The zero-order valence-electron chi connectivity index (χ0n) is 15.1. The van der Waals surface area contributed by atoms with Crippen LogP contribution in [0.15, 0.2) is 60.7 Å². The lowest BCUT2D eigenvalue weighted by atomic mass is 9.88. The minimum atomic E-state index is -0.705. The van der Waals surface area contributed by atoms with E-state index in [0.29, 0.717) is 13.0 Å². The lowest BCUT2D eigenvalue weighted by Crippen LogP contribution is -2.44.